The monoisotopic (exact) mass is 369 g/mol. The van der Waals surface area contributed by atoms with Gasteiger partial charge in [0.1, 0.15) is 6.10 Å². The molecule has 1 aromatic heterocycles. The molecule has 3 rings (SSSR count). The van der Waals surface area contributed by atoms with E-state index in [-0.39, 0.29) is 6.10 Å². The summed E-state index contributed by atoms with van der Waals surface area (Å²) in [7, 11) is 0. The third-order valence-electron chi connectivity index (χ3n) is 4.72. The SMILES string of the molecule is CC1CCCC(C)C1Nc1ncc(Br)c(O[C@@H]2CCOC2)n1. The molecule has 3 atom stereocenters. The normalized spacial score (nSPS) is 32.0. The fraction of sp³-hybridized carbons (Fsp3) is 0.750. The smallest absolute Gasteiger partial charge is 0.233 e. The van der Waals surface area contributed by atoms with E-state index < -0.39 is 0 Å². The van der Waals surface area contributed by atoms with Crippen molar-refractivity contribution >= 4 is 21.9 Å². The molecule has 1 aliphatic heterocycles. The van der Waals surface area contributed by atoms with Crippen LogP contribution in [0.2, 0.25) is 0 Å². The molecule has 0 aromatic carbocycles. The second-order valence-electron chi connectivity index (χ2n) is 6.51. The van der Waals surface area contributed by atoms with Gasteiger partial charge in [-0.1, -0.05) is 20.3 Å². The molecule has 1 saturated heterocycles. The third kappa shape index (κ3) is 3.71. The number of ether oxygens (including phenoxy) is 2. The number of hydrogen-bond donors (Lipinski definition) is 1. The van der Waals surface area contributed by atoms with Gasteiger partial charge in [-0.3, -0.25) is 0 Å². The van der Waals surface area contributed by atoms with E-state index in [4.69, 9.17) is 9.47 Å². The fourth-order valence-corrected chi connectivity index (χ4v) is 3.67. The van der Waals surface area contributed by atoms with E-state index in [0.29, 0.717) is 36.3 Å². The molecule has 1 saturated carbocycles. The van der Waals surface area contributed by atoms with Crippen LogP contribution >= 0.6 is 15.9 Å². The van der Waals surface area contributed by atoms with Gasteiger partial charge in [-0.25, -0.2) is 4.98 Å². The number of nitrogens with zero attached hydrogens (tertiary/aromatic N) is 2. The van der Waals surface area contributed by atoms with Gasteiger partial charge in [0.05, 0.1) is 23.9 Å². The van der Waals surface area contributed by atoms with Crippen LogP contribution in [0.5, 0.6) is 5.88 Å². The lowest BCUT2D eigenvalue weighted by Crippen LogP contribution is -2.37. The molecule has 22 heavy (non-hydrogen) atoms. The predicted molar refractivity (Wildman–Crippen MR) is 89.2 cm³/mol. The van der Waals surface area contributed by atoms with Crippen molar-refractivity contribution in [2.45, 2.75) is 51.7 Å². The highest BCUT2D eigenvalue weighted by molar-refractivity contribution is 9.10. The number of hydrogen-bond acceptors (Lipinski definition) is 5. The summed E-state index contributed by atoms with van der Waals surface area (Å²) >= 11 is 3.47. The lowest BCUT2D eigenvalue weighted by atomic mass is 9.79. The van der Waals surface area contributed by atoms with Crippen molar-refractivity contribution in [3.8, 4) is 5.88 Å². The molecule has 0 radical (unpaired) electrons. The van der Waals surface area contributed by atoms with Crippen LogP contribution in [0.3, 0.4) is 0 Å². The van der Waals surface area contributed by atoms with Gasteiger partial charge in [-0.15, -0.1) is 0 Å². The molecule has 6 heteroatoms. The molecule has 5 nitrogen and oxygen atoms in total. The van der Waals surface area contributed by atoms with Crippen LogP contribution in [0, 0.1) is 11.8 Å². The lowest BCUT2D eigenvalue weighted by molar-refractivity contribution is 0.137. The highest BCUT2D eigenvalue weighted by atomic mass is 79.9. The number of nitrogens with one attached hydrogen (secondary N) is 1. The molecule has 0 spiro atoms. The van der Waals surface area contributed by atoms with Gasteiger partial charge in [-0.05, 0) is 40.6 Å². The standard InChI is InChI=1S/C16H24BrN3O2/c1-10-4-3-5-11(2)14(10)19-16-18-8-13(17)15(20-16)22-12-6-7-21-9-12/h8,10-12,14H,3-7,9H2,1-2H3,(H,18,19,20)/t10?,11?,12-,14?/m1/s1. The summed E-state index contributed by atoms with van der Waals surface area (Å²) in [6.07, 6.45) is 6.61. The van der Waals surface area contributed by atoms with Crippen molar-refractivity contribution in [3.05, 3.63) is 10.7 Å². The van der Waals surface area contributed by atoms with E-state index in [1.165, 1.54) is 19.3 Å². The van der Waals surface area contributed by atoms with Crippen molar-refractivity contribution in [1.29, 1.82) is 0 Å². The molecule has 2 unspecified atom stereocenters. The summed E-state index contributed by atoms with van der Waals surface area (Å²) in [5, 5.41) is 3.52. The summed E-state index contributed by atoms with van der Waals surface area (Å²) < 4.78 is 12.1. The summed E-state index contributed by atoms with van der Waals surface area (Å²) in [6.45, 7) is 6.00. The number of halogens is 1. The largest absolute Gasteiger partial charge is 0.471 e. The van der Waals surface area contributed by atoms with Crippen LogP contribution in [0.15, 0.2) is 10.7 Å². The Balaban J connectivity index is 1.70. The predicted octanol–water partition coefficient (Wildman–Crippen LogP) is 3.64. The Kier molecular flexibility index (Phi) is 5.18. The fourth-order valence-electron chi connectivity index (χ4n) is 3.38. The molecule has 1 aliphatic carbocycles. The first-order valence-corrected chi connectivity index (χ1v) is 8.96. The Morgan fingerprint density at radius 3 is 2.73 bits per heavy atom. The molecular formula is C16H24BrN3O2. The Hall–Kier alpha value is -0.880. The first-order chi connectivity index (χ1) is 10.6. The van der Waals surface area contributed by atoms with E-state index in [0.717, 1.165) is 17.5 Å². The molecule has 122 valence electrons. The van der Waals surface area contributed by atoms with Crippen molar-refractivity contribution < 1.29 is 9.47 Å². The summed E-state index contributed by atoms with van der Waals surface area (Å²) in [4.78, 5) is 8.95. The third-order valence-corrected chi connectivity index (χ3v) is 5.26. The lowest BCUT2D eigenvalue weighted by Gasteiger charge is -2.35. The average Bonchev–Trinajstić information content (AvgIpc) is 2.99. The minimum Gasteiger partial charge on any atom is -0.471 e. The van der Waals surface area contributed by atoms with E-state index in [1.807, 2.05) is 0 Å². The van der Waals surface area contributed by atoms with Crippen LogP contribution in [0.1, 0.15) is 39.5 Å². The van der Waals surface area contributed by atoms with Crippen molar-refractivity contribution in [2.75, 3.05) is 18.5 Å². The topological polar surface area (TPSA) is 56.3 Å². The molecule has 0 amide bonds. The van der Waals surface area contributed by atoms with Crippen LogP contribution in [0.25, 0.3) is 0 Å². The van der Waals surface area contributed by atoms with E-state index >= 15 is 0 Å². The second kappa shape index (κ2) is 7.13. The van der Waals surface area contributed by atoms with Crippen LogP contribution < -0.4 is 10.1 Å². The number of aromatic nitrogens is 2. The maximum atomic E-state index is 5.93. The zero-order valence-electron chi connectivity index (χ0n) is 13.2. The van der Waals surface area contributed by atoms with Gasteiger partial charge in [0.2, 0.25) is 11.8 Å². The van der Waals surface area contributed by atoms with Crippen molar-refractivity contribution in [1.82, 2.24) is 9.97 Å². The molecule has 2 fully saturated rings. The highest BCUT2D eigenvalue weighted by Gasteiger charge is 2.28. The zero-order valence-corrected chi connectivity index (χ0v) is 14.8. The highest BCUT2D eigenvalue weighted by Crippen LogP contribution is 2.32. The van der Waals surface area contributed by atoms with Crippen molar-refractivity contribution in [2.24, 2.45) is 11.8 Å². The van der Waals surface area contributed by atoms with E-state index in [1.54, 1.807) is 6.20 Å². The molecule has 2 heterocycles. The number of rotatable bonds is 4. The van der Waals surface area contributed by atoms with Crippen LogP contribution in [-0.2, 0) is 4.74 Å². The average molecular weight is 370 g/mol. The molecule has 2 aliphatic rings. The molecule has 0 bridgehead atoms. The van der Waals surface area contributed by atoms with Crippen LogP contribution in [-0.4, -0.2) is 35.3 Å². The number of anilines is 1. The van der Waals surface area contributed by atoms with Gasteiger partial charge in [0.25, 0.3) is 0 Å². The summed E-state index contributed by atoms with van der Waals surface area (Å²) in [5.41, 5.74) is 0. The minimum atomic E-state index is 0.0894. The second-order valence-corrected chi connectivity index (χ2v) is 7.36. The van der Waals surface area contributed by atoms with Crippen LogP contribution in [0.4, 0.5) is 5.95 Å². The quantitative estimate of drug-likeness (QED) is 0.877. The first kappa shape index (κ1) is 16.0. The Morgan fingerprint density at radius 2 is 2.05 bits per heavy atom. The summed E-state index contributed by atoms with van der Waals surface area (Å²) in [6, 6.07) is 0.428. The zero-order chi connectivity index (χ0) is 15.5. The first-order valence-electron chi connectivity index (χ1n) is 8.17. The summed E-state index contributed by atoms with van der Waals surface area (Å²) in [5.74, 6) is 2.54. The van der Waals surface area contributed by atoms with Gasteiger partial charge in [-0.2, -0.15) is 4.98 Å². The molecule has 1 N–H and O–H groups in total. The minimum absolute atomic E-state index is 0.0894. The Bertz CT molecular complexity index is 498. The molecule has 1 aromatic rings. The Labute approximate surface area is 140 Å². The van der Waals surface area contributed by atoms with Gasteiger partial charge < -0.3 is 14.8 Å². The van der Waals surface area contributed by atoms with Gasteiger partial charge in [0, 0.05) is 12.5 Å². The van der Waals surface area contributed by atoms with Crippen molar-refractivity contribution in [3.63, 3.8) is 0 Å². The van der Waals surface area contributed by atoms with E-state index in [9.17, 15) is 0 Å². The maximum Gasteiger partial charge on any atom is 0.233 e. The van der Waals surface area contributed by atoms with Gasteiger partial charge in [0.15, 0.2) is 0 Å². The Morgan fingerprint density at radius 1 is 1.27 bits per heavy atom. The van der Waals surface area contributed by atoms with Gasteiger partial charge >= 0.3 is 0 Å². The van der Waals surface area contributed by atoms with E-state index in [2.05, 4.69) is 45.1 Å². The maximum absolute atomic E-state index is 5.93. The molecular weight excluding hydrogens is 346 g/mol.